The van der Waals surface area contributed by atoms with Crippen molar-refractivity contribution in [3.63, 3.8) is 0 Å². The molecule has 0 aromatic rings. The average Bonchev–Trinajstić information content (AvgIpc) is 1.96. The molecule has 0 saturated heterocycles. The summed E-state index contributed by atoms with van der Waals surface area (Å²) in [5, 5.41) is 10.7. The Morgan fingerprint density at radius 1 is 0.750 bits per heavy atom. The van der Waals surface area contributed by atoms with E-state index in [1.807, 2.05) is 28.2 Å². The van der Waals surface area contributed by atoms with Gasteiger partial charge in [-0.25, -0.2) is 0 Å². The van der Waals surface area contributed by atoms with E-state index in [0.29, 0.717) is 13.1 Å². The summed E-state index contributed by atoms with van der Waals surface area (Å²) in [6.07, 6.45) is 0. The second-order valence-corrected chi connectivity index (χ2v) is 3.56. The molecule has 0 aliphatic rings. The number of hydroxylamine groups is 2. The Morgan fingerprint density at radius 2 is 1.08 bits per heavy atom. The Hall–Kier alpha value is -0.160. The van der Waals surface area contributed by atoms with E-state index < -0.39 is 0 Å². The van der Waals surface area contributed by atoms with E-state index >= 15 is 0 Å². The summed E-state index contributed by atoms with van der Waals surface area (Å²) in [5.41, 5.74) is 0. The molecule has 0 heterocycles. The minimum Gasteiger partial charge on any atom is -0.314 e. The van der Waals surface area contributed by atoms with Gasteiger partial charge in [-0.05, 0) is 28.2 Å². The molecule has 0 spiro atoms. The standard InChI is InChI=1S/C8H21N3O/c1-9(2)5-7-11(12)8-6-10(3)4/h12H,5-8H2,1-4H3. The molecule has 0 aliphatic heterocycles. The first-order chi connectivity index (χ1) is 5.52. The van der Waals surface area contributed by atoms with Crippen molar-refractivity contribution in [2.45, 2.75) is 0 Å². The van der Waals surface area contributed by atoms with Gasteiger partial charge in [0.05, 0.1) is 0 Å². The van der Waals surface area contributed by atoms with Crippen LogP contribution in [0.5, 0.6) is 0 Å². The molecule has 0 aromatic heterocycles. The SMILES string of the molecule is CN(C)CCN(O)CCN(C)C. The van der Waals surface area contributed by atoms with Crippen molar-refractivity contribution in [2.24, 2.45) is 0 Å². The molecule has 0 atom stereocenters. The van der Waals surface area contributed by atoms with Crippen LogP contribution in [0.2, 0.25) is 0 Å². The zero-order valence-corrected chi connectivity index (χ0v) is 8.62. The highest BCUT2D eigenvalue weighted by Gasteiger charge is 2.00. The molecule has 4 heteroatoms. The second-order valence-electron chi connectivity index (χ2n) is 3.56. The van der Waals surface area contributed by atoms with Crippen LogP contribution in [0, 0.1) is 0 Å². The third-order valence-corrected chi connectivity index (χ3v) is 1.61. The molecule has 0 aliphatic carbocycles. The number of rotatable bonds is 6. The maximum absolute atomic E-state index is 9.33. The first-order valence-corrected chi connectivity index (χ1v) is 4.25. The van der Waals surface area contributed by atoms with Crippen molar-refractivity contribution >= 4 is 0 Å². The molecule has 0 aromatic carbocycles. The molecule has 0 rings (SSSR count). The Balaban J connectivity index is 3.27. The van der Waals surface area contributed by atoms with E-state index in [0.717, 1.165) is 13.1 Å². The van der Waals surface area contributed by atoms with Gasteiger partial charge < -0.3 is 15.0 Å². The third kappa shape index (κ3) is 7.94. The van der Waals surface area contributed by atoms with E-state index in [4.69, 9.17) is 0 Å². The van der Waals surface area contributed by atoms with Gasteiger partial charge >= 0.3 is 0 Å². The predicted molar refractivity (Wildman–Crippen MR) is 50.5 cm³/mol. The molecular weight excluding hydrogens is 154 g/mol. The molecule has 0 radical (unpaired) electrons. The Kier molecular flexibility index (Phi) is 6.28. The van der Waals surface area contributed by atoms with Crippen LogP contribution in [0.25, 0.3) is 0 Å². The molecule has 12 heavy (non-hydrogen) atoms. The van der Waals surface area contributed by atoms with Crippen LogP contribution >= 0.6 is 0 Å². The fourth-order valence-corrected chi connectivity index (χ4v) is 0.743. The highest BCUT2D eigenvalue weighted by atomic mass is 16.5. The topological polar surface area (TPSA) is 30.0 Å². The normalized spacial score (nSPS) is 12.0. The summed E-state index contributed by atoms with van der Waals surface area (Å²) in [6, 6.07) is 0. The predicted octanol–water partition coefficient (Wildman–Crippen LogP) is -0.199. The van der Waals surface area contributed by atoms with Crippen molar-refractivity contribution in [3.8, 4) is 0 Å². The van der Waals surface area contributed by atoms with Crippen molar-refractivity contribution in [2.75, 3.05) is 54.4 Å². The molecule has 0 amide bonds. The Labute approximate surface area is 75.3 Å². The Bertz CT molecular complexity index is 94.5. The first-order valence-electron chi connectivity index (χ1n) is 4.25. The van der Waals surface area contributed by atoms with Crippen LogP contribution in [0.1, 0.15) is 0 Å². The summed E-state index contributed by atoms with van der Waals surface area (Å²) in [4.78, 5) is 4.11. The van der Waals surface area contributed by atoms with Gasteiger partial charge in [-0.2, -0.15) is 5.06 Å². The largest absolute Gasteiger partial charge is 0.314 e. The fourth-order valence-electron chi connectivity index (χ4n) is 0.743. The van der Waals surface area contributed by atoms with Gasteiger partial charge in [0, 0.05) is 26.2 Å². The molecule has 0 bridgehead atoms. The van der Waals surface area contributed by atoms with E-state index in [1.54, 1.807) is 0 Å². The zero-order valence-electron chi connectivity index (χ0n) is 8.62. The lowest BCUT2D eigenvalue weighted by Crippen LogP contribution is -2.34. The monoisotopic (exact) mass is 175 g/mol. The first kappa shape index (κ1) is 11.8. The van der Waals surface area contributed by atoms with Gasteiger partial charge in [0.25, 0.3) is 0 Å². The Morgan fingerprint density at radius 3 is 1.33 bits per heavy atom. The maximum Gasteiger partial charge on any atom is 0.0366 e. The summed E-state index contributed by atoms with van der Waals surface area (Å²) < 4.78 is 0. The van der Waals surface area contributed by atoms with Gasteiger partial charge in [0.1, 0.15) is 0 Å². The molecular formula is C8H21N3O. The number of hydrogen-bond donors (Lipinski definition) is 1. The minimum absolute atomic E-state index is 0.709. The van der Waals surface area contributed by atoms with Crippen LogP contribution in [-0.4, -0.2) is 74.4 Å². The zero-order chi connectivity index (χ0) is 9.56. The summed E-state index contributed by atoms with van der Waals surface area (Å²) in [5.74, 6) is 0. The van der Waals surface area contributed by atoms with Crippen LogP contribution in [0.3, 0.4) is 0 Å². The number of likely N-dealkylation sites (N-methyl/N-ethyl adjacent to an activating group) is 2. The van der Waals surface area contributed by atoms with Crippen molar-refractivity contribution in [3.05, 3.63) is 0 Å². The lowest BCUT2D eigenvalue weighted by Gasteiger charge is -2.19. The molecule has 1 N–H and O–H groups in total. The van der Waals surface area contributed by atoms with Gasteiger partial charge in [0.2, 0.25) is 0 Å². The highest BCUT2D eigenvalue weighted by Crippen LogP contribution is 1.84. The maximum atomic E-state index is 9.33. The lowest BCUT2D eigenvalue weighted by molar-refractivity contribution is -0.0953. The van der Waals surface area contributed by atoms with E-state index in [2.05, 4.69) is 9.80 Å². The molecule has 0 unspecified atom stereocenters. The van der Waals surface area contributed by atoms with Gasteiger partial charge in [-0.3, -0.25) is 0 Å². The summed E-state index contributed by atoms with van der Waals surface area (Å²) >= 11 is 0. The van der Waals surface area contributed by atoms with Crippen molar-refractivity contribution < 1.29 is 5.21 Å². The van der Waals surface area contributed by atoms with Crippen LogP contribution < -0.4 is 0 Å². The van der Waals surface area contributed by atoms with E-state index in [-0.39, 0.29) is 0 Å². The lowest BCUT2D eigenvalue weighted by atomic mass is 10.5. The van der Waals surface area contributed by atoms with Gasteiger partial charge in [-0.1, -0.05) is 0 Å². The van der Waals surface area contributed by atoms with Crippen LogP contribution in [-0.2, 0) is 0 Å². The summed E-state index contributed by atoms with van der Waals surface area (Å²) in [7, 11) is 8.00. The number of hydrogen-bond acceptors (Lipinski definition) is 4. The van der Waals surface area contributed by atoms with E-state index in [1.165, 1.54) is 5.06 Å². The summed E-state index contributed by atoms with van der Waals surface area (Å²) in [6.45, 7) is 3.20. The molecule has 0 fully saturated rings. The fraction of sp³-hybridized carbons (Fsp3) is 1.00. The van der Waals surface area contributed by atoms with Gasteiger partial charge in [0.15, 0.2) is 0 Å². The average molecular weight is 175 g/mol. The minimum atomic E-state index is 0.709. The highest BCUT2D eigenvalue weighted by molar-refractivity contribution is 4.51. The third-order valence-electron chi connectivity index (χ3n) is 1.61. The smallest absolute Gasteiger partial charge is 0.0366 e. The van der Waals surface area contributed by atoms with Crippen LogP contribution in [0.15, 0.2) is 0 Å². The molecule has 74 valence electrons. The van der Waals surface area contributed by atoms with Gasteiger partial charge in [-0.15, -0.1) is 0 Å². The van der Waals surface area contributed by atoms with Crippen LogP contribution in [0.4, 0.5) is 0 Å². The van der Waals surface area contributed by atoms with Crippen molar-refractivity contribution in [1.82, 2.24) is 14.9 Å². The number of nitrogens with zero attached hydrogens (tertiary/aromatic N) is 3. The van der Waals surface area contributed by atoms with Crippen molar-refractivity contribution in [1.29, 1.82) is 0 Å². The second kappa shape index (κ2) is 6.37. The quantitative estimate of drug-likeness (QED) is 0.566. The molecule has 4 nitrogen and oxygen atoms in total. The van der Waals surface area contributed by atoms with E-state index in [9.17, 15) is 5.21 Å². The molecule has 0 saturated carbocycles.